The van der Waals surface area contributed by atoms with Gasteiger partial charge in [0, 0.05) is 6.54 Å². The highest BCUT2D eigenvalue weighted by atomic mass is 32.2. The maximum atomic E-state index is 12.0. The number of hydrogen-bond donors (Lipinski definition) is 2. The van der Waals surface area contributed by atoms with Crippen molar-refractivity contribution in [2.45, 2.75) is 51.7 Å². The summed E-state index contributed by atoms with van der Waals surface area (Å²) >= 11 is 0. The van der Waals surface area contributed by atoms with E-state index in [2.05, 4.69) is 30.8 Å². The van der Waals surface area contributed by atoms with E-state index in [9.17, 15) is 8.42 Å². The molecule has 5 nitrogen and oxygen atoms in total. The molecule has 0 aromatic carbocycles. The van der Waals surface area contributed by atoms with Crippen LogP contribution in [-0.4, -0.2) is 21.5 Å². The van der Waals surface area contributed by atoms with Crippen molar-refractivity contribution in [2.75, 3.05) is 13.1 Å². The van der Waals surface area contributed by atoms with Crippen LogP contribution in [-0.2, 0) is 16.6 Å². The summed E-state index contributed by atoms with van der Waals surface area (Å²) in [7, 11) is -3.51. The quantitative estimate of drug-likeness (QED) is 0.651. The highest BCUT2D eigenvalue weighted by Gasteiger charge is 2.17. The fourth-order valence-corrected chi connectivity index (χ4v) is 2.79. The molecule has 116 valence electrons. The molecule has 20 heavy (non-hydrogen) atoms. The van der Waals surface area contributed by atoms with E-state index < -0.39 is 10.0 Å². The average Bonchev–Trinajstić information content (AvgIpc) is 2.84. The lowest BCUT2D eigenvalue weighted by Gasteiger charge is -2.06. The maximum Gasteiger partial charge on any atom is 0.273 e. The van der Waals surface area contributed by atoms with E-state index in [0.717, 1.165) is 25.8 Å². The van der Waals surface area contributed by atoms with Crippen molar-refractivity contribution in [2.24, 2.45) is 5.92 Å². The molecule has 0 saturated carbocycles. The van der Waals surface area contributed by atoms with E-state index in [-0.39, 0.29) is 5.09 Å². The predicted octanol–water partition coefficient (Wildman–Crippen LogP) is 2.49. The number of rotatable bonds is 10. The lowest BCUT2D eigenvalue weighted by atomic mass is 10.1. The van der Waals surface area contributed by atoms with Crippen LogP contribution in [0.2, 0.25) is 0 Å². The van der Waals surface area contributed by atoms with Gasteiger partial charge in [-0.2, -0.15) is 0 Å². The van der Waals surface area contributed by atoms with Crippen molar-refractivity contribution in [3.63, 3.8) is 0 Å². The van der Waals surface area contributed by atoms with E-state index in [1.54, 1.807) is 6.07 Å². The predicted molar refractivity (Wildman–Crippen MR) is 80.0 cm³/mol. The summed E-state index contributed by atoms with van der Waals surface area (Å²) in [5.74, 6) is 1.22. The topological polar surface area (TPSA) is 71.3 Å². The van der Waals surface area contributed by atoms with Gasteiger partial charge in [-0.1, -0.05) is 20.8 Å². The van der Waals surface area contributed by atoms with E-state index in [4.69, 9.17) is 4.42 Å². The molecule has 6 heteroatoms. The van der Waals surface area contributed by atoms with Crippen molar-refractivity contribution in [1.29, 1.82) is 0 Å². The van der Waals surface area contributed by atoms with Crippen molar-refractivity contribution >= 4 is 10.0 Å². The van der Waals surface area contributed by atoms with Crippen LogP contribution >= 0.6 is 0 Å². The molecule has 2 N–H and O–H groups in total. The largest absolute Gasteiger partial charge is 0.447 e. The van der Waals surface area contributed by atoms with Gasteiger partial charge in [-0.25, -0.2) is 13.1 Å². The molecule has 0 bridgehead atoms. The molecule has 1 rings (SSSR count). The standard InChI is InChI=1S/C14H26N2O3S/c1-4-9-15-11-13-7-8-14(19-13)20(17,18)16-10-5-6-12(2)3/h7-8,12,15-16H,4-6,9-11H2,1-3H3. The number of nitrogens with one attached hydrogen (secondary N) is 2. The fourth-order valence-electron chi connectivity index (χ4n) is 1.77. The Hall–Kier alpha value is -0.850. The maximum absolute atomic E-state index is 12.0. The Morgan fingerprint density at radius 2 is 2.00 bits per heavy atom. The molecule has 1 aromatic heterocycles. The molecule has 1 aromatic rings. The summed E-state index contributed by atoms with van der Waals surface area (Å²) in [6.07, 6.45) is 2.87. The van der Waals surface area contributed by atoms with Gasteiger partial charge in [0.15, 0.2) is 0 Å². The van der Waals surface area contributed by atoms with E-state index in [0.29, 0.717) is 24.8 Å². The number of furan rings is 1. The lowest BCUT2D eigenvalue weighted by molar-refractivity contribution is 0.399. The summed E-state index contributed by atoms with van der Waals surface area (Å²) in [6.45, 7) is 8.21. The molecule has 0 unspecified atom stereocenters. The minimum absolute atomic E-state index is 0.00431. The SMILES string of the molecule is CCCNCc1ccc(S(=O)(=O)NCCCC(C)C)o1. The zero-order valence-corrected chi connectivity index (χ0v) is 13.4. The van der Waals surface area contributed by atoms with Crippen LogP contribution in [0.5, 0.6) is 0 Å². The van der Waals surface area contributed by atoms with Gasteiger partial charge in [0.2, 0.25) is 5.09 Å². The summed E-state index contributed by atoms with van der Waals surface area (Å²) in [5, 5.41) is 3.17. The molecular formula is C14H26N2O3S. The second-order valence-electron chi connectivity index (χ2n) is 5.33. The second-order valence-corrected chi connectivity index (χ2v) is 7.03. The van der Waals surface area contributed by atoms with Gasteiger partial charge < -0.3 is 9.73 Å². The third-order valence-electron chi connectivity index (χ3n) is 2.88. The van der Waals surface area contributed by atoms with Crippen molar-refractivity contribution in [3.8, 4) is 0 Å². The smallest absolute Gasteiger partial charge is 0.273 e. The van der Waals surface area contributed by atoms with Crippen LogP contribution < -0.4 is 10.0 Å². The Morgan fingerprint density at radius 1 is 1.25 bits per heavy atom. The van der Waals surface area contributed by atoms with Crippen LogP contribution in [0.3, 0.4) is 0 Å². The van der Waals surface area contributed by atoms with Gasteiger partial charge in [-0.3, -0.25) is 0 Å². The Kier molecular flexibility index (Phi) is 7.26. The first-order valence-corrected chi connectivity index (χ1v) is 8.73. The van der Waals surface area contributed by atoms with Gasteiger partial charge >= 0.3 is 0 Å². The first-order chi connectivity index (χ1) is 9.45. The van der Waals surface area contributed by atoms with Crippen molar-refractivity contribution in [1.82, 2.24) is 10.0 Å². The molecule has 0 fully saturated rings. The molecule has 0 amide bonds. The minimum Gasteiger partial charge on any atom is -0.447 e. The fraction of sp³-hybridized carbons (Fsp3) is 0.714. The lowest BCUT2D eigenvalue weighted by Crippen LogP contribution is -2.24. The minimum atomic E-state index is -3.51. The summed E-state index contributed by atoms with van der Waals surface area (Å²) < 4.78 is 31.9. The number of sulfonamides is 1. The van der Waals surface area contributed by atoms with Crippen LogP contribution in [0.1, 0.15) is 45.8 Å². The van der Waals surface area contributed by atoms with E-state index in [1.165, 1.54) is 6.07 Å². The zero-order valence-electron chi connectivity index (χ0n) is 12.6. The zero-order chi connectivity index (χ0) is 15.0. The van der Waals surface area contributed by atoms with Crippen LogP contribution in [0.15, 0.2) is 21.6 Å². The molecule has 1 heterocycles. The first kappa shape index (κ1) is 17.2. The molecule has 0 saturated heterocycles. The van der Waals surface area contributed by atoms with Crippen LogP contribution in [0.4, 0.5) is 0 Å². The third kappa shape index (κ3) is 6.07. The molecular weight excluding hydrogens is 276 g/mol. The van der Waals surface area contributed by atoms with Gasteiger partial charge in [0.1, 0.15) is 5.76 Å². The summed E-state index contributed by atoms with van der Waals surface area (Å²) in [6, 6.07) is 3.21. The Bertz CT molecular complexity index is 480. The average molecular weight is 302 g/mol. The Labute approximate surface area is 122 Å². The highest BCUT2D eigenvalue weighted by molar-refractivity contribution is 7.89. The van der Waals surface area contributed by atoms with E-state index in [1.807, 2.05) is 0 Å². The number of hydrogen-bond acceptors (Lipinski definition) is 4. The molecule has 0 aliphatic carbocycles. The third-order valence-corrected chi connectivity index (χ3v) is 4.21. The van der Waals surface area contributed by atoms with Gasteiger partial charge in [0.05, 0.1) is 6.54 Å². The highest BCUT2D eigenvalue weighted by Crippen LogP contribution is 2.14. The first-order valence-electron chi connectivity index (χ1n) is 7.24. The van der Waals surface area contributed by atoms with Crippen LogP contribution in [0.25, 0.3) is 0 Å². The van der Waals surface area contributed by atoms with Gasteiger partial charge in [-0.15, -0.1) is 0 Å². The molecule has 0 atom stereocenters. The Balaban J connectivity index is 2.46. The van der Waals surface area contributed by atoms with Crippen molar-refractivity contribution < 1.29 is 12.8 Å². The molecule has 0 aliphatic heterocycles. The van der Waals surface area contributed by atoms with Gasteiger partial charge in [0.25, 0.3) is 10.0 Å². The van der Waals surface area contributed by atoms with E-state index >= 15 is 0 Å². The molecule has 0 spiro atoms. The molecule has 0 radical (unpaired) electrons. The molecule has 0 aliphatic rings. The second kappa shape index (κ2) is 8.44. The normalized spacial score (nSPS) is 12.2. The van der Waals surface area contributed by atoms with Crippen molar-refractivity contribution in [3.05, 3.63) is 17.9 Å². The Morgan fingerprint density at radius 3 is 2.65 bits per heavy atom. The van der Waals surface area contributed by atoms with Crippen LogP contribution in [0, 0.1) is 5.92 Å². The monoisotopic (exact) mass is 302 g/mol. The van der Waals surface area contributed by atoms with Gasteiger partial charge in [-0.05, 0) is 43.9 Å². The summed E-state index contributed by atoms with van der Waals surface area (Å²) in [5.41, 5.74) is 0. The summed E-state index contributed by atoms with van der Waals surface area (Å²) in [4.78, 5) is 0.